The van der Waals surface area contributed by atoms with Gasteiger partial charge in [-0.05, 0) is 37.8 Å². The normalized spacial score (nSPS) is 18.9. The Bertz CT molecular complexity index is 1080. The van der Waals surface area contributed by atoms with E-state index in [1.807, 2.05) is 4.90 Å². The number of hydrogen-bond acceptors (Lipinski definition) is 6. The highest BCUT2D eigenvalue weighted by molar-refractivity contribution is 5.91. The number of H-pyrrole nitrogens is 1. The number of ether oxygens (including phenoxy) is 1. The van der Waals surface area contributed by atoms with Crippen molar-refractivity contribution >= 4 is 16.6 Å². The average molecular weight is 401 g/mol. The minimum Gasteiger partial charge on any atom is -0.492 e. The monoisotopic (exact) mass is 401 g/mol. The van der Waals surface area contributed by atoms with Crippen molar-refractivity contribution in [3.05, 3.63) is 32.7 Å². The topological polar surface area (TPSA) is 103 Å². The lowest BCUT2D eigenvalue weighted by molar-refractivity contribution is 0.413. The van der Waals surface area contributed by atoms with Crippen molar-refractivity contribution in [1.29, 1.82) is 5.26 Å². The first-order valence-electron chi connectivity index (χ1n) is 9.92. The standard InChI is InChI=1S/C20H24FN5O3/c1-29-18-16-14(19(27)24-20(28)26(16)13-3-4-13)9-15(21)17(18)25-8-5-12(11-25)10-23-7-2-6-22/h9,12-13,23H,2-5,7-8,10-11H2,1H3,(H,24,27,28). The SMILES string of the molecule is COc1c(N2CCC(CNCCC#N)C2)c(F)cc2c(=O)[nH]c(=O)n(C3CC3)c12. The van der Waals surface area contributed by atoms with Crippen LogP contribution in [-0.2, 0) is 0 Å². The van der Waals surface area contributed by atoms with Gasteiger partial charge in [0, 0.05) is 32.1 Å². The number of aromatic amines is 1. The highest BCUT2D eigenvalue weighted by atomic mass is 19.1. The van der Waals surface area contributed by atoms with Crippen molar-refractivity contribution < 1.29 is 9.13 Å². The number of nitrogens with one attached hydrogen (secondary N) is 2. The fourth-order valence-electron chi connectivity index (χ4n) is 4.17. The number of hydrogen-bond donors (Lipinski definition) is 2. The van der Waals surface area contributed by atoms with Crippen LogP contribution in [0.15, 0.2) is 15.7 Å². The molecule has 1 atom stereocenters. The second-order valence-corrected chi connectivity index (χ2v) is 7.71. The zero-order chi connectivity index (χ0) is 20.5. The number of nitriles is 1. The van der Waals surface area contributed by atoms with E-state index in [0.717, 1.165) is 25.8 Å². The number of nitrogens with zero attached hydrogens (tertiary/aromatic N) is 3. The van der Waals surface area contributed by atoms with E-state index in [9.17, 15) is 9.59 Å². The van der Waals surface area contributed by atoms with E-state index in [-0.39, 0.29) is 17.2 Å². The second kappa shape index (κ2) is 7.87. The van der Waals surface area contributed by atoms with Gasteiger partial charge in [-0.1, -0.05) is 0 Å². The van der Waals surface area contributed by atoms with E-state index in [1.54, 1.807) is 0 Å². The number of halogens is 1. The minimum atomic E-state index is -0.605. The number of rotatable bonds is 7. The Kier molecular flexibility index (Phi) is 5.28. The molecule has 1 aliphatic carbocycles. The third-order valence-electron chi connectivity index (χ3n) is 5.67. The molecule has 2 heterocycles. The quantitative estimate of drug-likeness (QED) is 0.682. The fraction of sp³-hybridized carbons (Fsp3) is 0.550. The van der Waals surface area contributed by atoms with Gasteiger partial charge in [-0.25, -0.2) is 9.18 Å². The molecule has 1 aliphatic heterocycles. The van der Waals surface area contributed by atoms with Crippen LogP contribution in [0.2, 0.25) is 0 Å². The molecule has 0 amide bonds. The molecular weight excluding hydrogens is 377 g/mol. The van der Waals surface area contributed by atoms with Gasteiger partial charge in [0.2, 0.25) is 0 Å². The van der Waals surface area contributed by atoms with Crippen LogP contribution in [-0.4, -0.2) is 42.8 Å². The molecule has 1 aromatic carbocycles. The Morgan fingerprint density at radius 2 is 2.17 bits per heavy atom. The lowest BCUT2D eigenvalue weighted by Gasteiger charge is -2.24. The molecule has 1 saturated carbocycles. The lowest BCUT2D eigenvalue weighted by atomic mass is 10.1. The van der Waals surface area contributed by atoms with Crippen LogP contribution in [0.4, 0.5) is 10.1 Å². The average Bonchev–Trinajstić information content (AvgIpc) is 3.42. The van der Waals surface area contributed by atoms with Crippen molar-refractivity contribution in [3.63, 3.8) is 0 Å². The van der Waals surface area contributed by atoms with E-state index in [4.69, 9.17) is 10.00 Å². The summed E-state index contributed by atoms with van der Waals surface area (Å²) in [5.74, 6) is 0.0328. The minimum absolute atomic E-state index is 0.00437. The molecule has 0 spiro atoms. The van der Waals surface area contributed by atoms with Gasteiger partial charge in [-0.3, -0.25) is 14.3 Å². The van der Waals surface area contributed by atoms with E-state index >= 15 is 4.39 Å². The van der Waals surface area contributed by atoms with Crippen LogP contribution in [0.25, 0.3) is 10.9 Å². The molecule has 2 fully saturated rings. The maximum atomic E-state index is 15.1. The molecule has 8 nitrogen and oxygen atoms in total. The highest BCUT2D eigenvalue weighted by Gasteiger charge is 2.33. The van der Waals surface area contributed by atoms with Gasteiger partial charge in [0.25, 0.3) is 5.56 Å². The van der Waals surface area contributed by atoms with E-state index in [0.29, 0.717) is 43.2 Å². The summed E-state index contributed by atoms with van der Waals surface area (Å²) < 4.78 is 22.2. The van der Waals surface area contributed by atoms with Crippen molar-refractivity contribution in [2.24, 2.45) is 5.92 Å². The van der Waals surface area contributed by atoms with Crippen LogP contribution in [0.3, 0.4) is 0 Å². The summed E-state index contributed by atoms with van der Waals surface area (Å²) in [4.78, 5) is 29.0. The molecule has 2 aliphatic rings. The Balaban J connectivity index is 1.73. The molecule has 0 radical (unpaired) electrons. The number of fused-ring (bicyclic) bond motifs is 1. The molecular formula is C20H24FN5O3. The maximum Gasteiger partial charge on any atom is 0.329 e. The Morgan fingerprint density at radius 3 is 2.86 bits per heavy atom. The summed E-state index contributed by atoms with van der Waals surface area (Å²) in [6, 6.07) is 3.32. The molecule has 1 saturated heterocycles. The van der Waals surface area contributed by atoms with Gasteiger partial charge in [-0.2, -0.15) is 5.26 Å². The Morgan fingerprint density at radius 1 is 1.38 bits per heavy atom. The predicted octanol–water partition coefficient (Wildman–Crippen LogP) is 1.50. The summed E-state index contributed by atoms with van der Waals surface area (Å²) >= 11 is 0. The van der Waals surface area contributed by atoms with Crippen LogP contribution < -0.4 is 26.2 Å². The highest BCUT2D eigenvalue weighted by Crippen LogP contribution is 2.43. The molecule has 4 rings (SSSR count). The van der Waals surface area contributed by atoms with Gasteiger partial charge in [0.15, 0.2) is 11.6 Å². The molecule has 1 aromatic heterocycles. The van der Waals surface area contributed by atoms with Gasteiger partial charge < -0.3 is 15.0 Å². The van der Waals surface area contributed by atoms with Crippen LogP contribution in [0, 0.1) is 23.1 Å². The van der Waals surface area contributed by atoms with Crippen molar-refractivity contribution in [1.82, 2.24) is 14.9 Å². The molecule has 1 unspecified atom stereocenters. The zero-order valence-corrected chi connectivity index (χ0v) is 16.3. The van der Waals surface area contributed by atoms with Gasteiger partial charge >= 0.3 is 5.69 Å². The van der Waals surface area contributed by atoms with Crippen LogP contribution in [0.5, 0.6) is 5.75 Å². The summed E-state index contributed by atoms with van der Waals surface area (Å²) in [6.07, 6.45) is 3.02. The smallest absolute Gasteiger partial charge is 0.329 e. The zero-order valence-electron chi connectivity index (χ0n) is 16.3. The molecule has 154 valence electrons. The lowest BCUT2D eigenvalue weighted by Crippen LogP contribution is -2.31. The number of aromatic nitrogens is 2. The van der Waals surface area contributed by atoms with Crippen molar-refractivity contribution in [3.8, 4) is 11.8 Å². The van der Waals surface area contributed by atoms with E-state index in [1.165, 1.54) is 17.7 Å². The van der Waals surface area contributed by atoms with Crippen molar-refractivity contribution in [2.75, 3.05) is 38.2 Å². The third-order valence-corrected chi connectivity index (χ3v) is 5.67. The first-order valence-corrected chi connectivity index (χ1v) is 9.92. The fourth-order valence-corrected chi connectivity index (χ4v) is 4.17. The molecule has 0 bridgehead atoms. The van der Waals surface area contributed by atoms with E-state index < -0.39 is 17.1 Å². The molecule has 29 heavy (non-hydrogen) atoms. The van der Waals surface area contributed by atoms with Gasteiger partial charge in [0.1, 0.15) is 11.2 Å². The number of anilines is 1. The first-order chi connectivity index (χ1) is 14.0. The third kappa shape index (κ3) is 3.60. The van der Waals surface area contributed by atoms with Crippen LogP contribution >= 0.6 is 0 Å². The first kappa shape index (κ1) is 19.5. The summed E-state index contributed by atoms with van der Waals surface area (Å²) in [7, 11) is 1.44. The molecule has 2 aromatic rings. The Labute approximate surface area is 166 Å². The maximum absolute atomic E-state index is 15.1. The summed E-state index contributed by atoms with van der Waals surface area (Å²) in [6.45, 7) is 2.68. The van der Waals surface area contributed by atoms with E-state index in [2.05, 4.69) is 16.4 Å². The molecule has 2 N–H and O–H groups in total. The van der Waals surface area contributed by atoms with Crippen LogP contribution in [0.1, 0.15) is 31.7 Å². The van der Waals surface area contributed by atoms with Gasteiger partial charge in [-0.15, -0.1) is 0 Å². The second-order valence-electron chi connectivity index (χ2n) is 7.71. The van der Waals surface area contributed by atoms with Crippen molar-refractivity contribution in [2.45, 2.75) is 31.7 Å². The largest absolute Gasteiger partial charge is 0.492 e. The number of methoxy groups -OCH3 is 1. The summed E-state index contributed by atoms with van der Waals surface area (Å²) in [5, 5.41) is 12.0. The predicted molar refractivity (Wildman–Crippen MR) is 107 cm³/mol. The van der Waals surface area contributed by atoms with Gasteiger partial charge in [0.05, 0.1) is 18.6 Å². The Hall–Kier alpha value is -2.86. The summed E-state index contributed by atoms with van der Waals surface area (Å²) in [5.41, 5.74) is -0.414. The number of benzene rings is 1. The molecule has 9 heteroatoms.